The highest BCUT2D eigenvalue weighted by molar-refractivity contribution is 5.70. The molecule has 2 saturated carbocycles. The van der Waals surface area contributed by atoms with Crippen molar-refractivity contribution in [3.05, 3.63) is 0 Å². The molecule has 0 amide bonds. The first-order valence-corrected chi connectivity index (χ1v) is 6.33. The minimum absolute atomic E-state index is 0.147. The van der Waals surface area contributed by atoms with Crippen LogP contribution in [-0.4, -0.2) is 34.4 Å². The number of aliphatic hydroxyl groups is 1. The van der Waals surface area contributed by atoms with Gasteiger partial charge in [0.25, 0.3) is 0 Å². The van der Waals surface area contributed by atoms with E-state index in [-0.39, 0.29) is 18.1 Å². The molecule has 0 aromatic heterocycles. The van der Waals surface area contributed by atoms with Gasteiger partial charge in [-0.1, -0.05) is 0 Å². The zero-order valence-electron chi connectivity index (χ0n) is 9.56. The molecule has 92 valence electrons. The molecule has 0 bridgehead atoms. The van der Waals surface area contributed by atoms with Gasteiger partial charge < -0.3 is 15.5 Å². The third-order valence-corrected chi connectivity index (χ3v) is 4.01. The van der Waals surface area contributed by atoms with Gasteiger partial charge in [0.15, 0.2) is 0 Å². The molecule has 2 fully saturated rings. The first-order chi connectivity index (χ1) is 7.66. The Hall–Kier alpha value is -0.610. The summed E-state index contributed by atoms with van der Waals surface area (Å²) in [5.41, 5.74) is 0. The van der Waals surface area contributed by atoms with Gasteiger partial charge in [-0.25, -0.2) is 0 Å². The first-order valence-electron chi connectivity index (χ1n) is 6.33. The van der Waals surface area contributed by atoms with Gasteiger partial charge in [0.1, 0.15) is 0 Å². The summed E-state index contributed by atoms with van der Waals surface area (Å²) in [5, 5.41) is 22.1. The predicted octanol–water partition coefficient (Wildman–Crippen LogP) is 1.13. The van der Waals surface area contributed by atoms with E-state index in [1.165, 1.54) is 0 Å². The number of hydrogen-bond donors (Lipinski definition) is 3. The minimum atomic E-state index is -0.653. The second-order valence-corrected chi connectivity index (χ2v) is 5.16. The van der Waals surface area contributed by atoms with Crippen LogP contribution in [0, 0.1) is 5.92 Å². The van der Waals surface area contributed by atoms with Gasteiger partial charge in [0, 0.05) is 12.1 Å². The molecule has 4 heteroatoms. The first kappa shape index (κ1) is 11.9. The fourth-order valence-corrected chi connectivity index (χ4v) is 2.94. The van der Waals surface area contributed by atoms with E-state index in [1.54, 1.807) is 0 Å². The van der Waals surface area contributed by atoms with Crippen LogP contribution in [0.15, 0.2) is 0 Å². The van der Waals surface area contributed by atoms with Gasteiger partial charge in [0.2, 0.25) is 0 Å². The topological polar surface area (TPSA) is 69.6 Å². The predicted molar refractivity (Wildman–Crippen MR) is 60.2 cm³/mol. The molecule has 0 spiro atoms. The van der Waals surface area contributed by atoms with Crippen molar-refractivity contribution in [1.82, 2.24) is 5.32 Å². The number of carbonyl (C=O) groups is 1. The summed E-state index contributed by atoms with van der Waals surface area (Å²) in [6.07, 6.45) is 6.27. The number of carboxylic acids is 1. The number of aliphatic hydroxyl groups excluding tert-OH is 1. The molecule has 16 heavy (non-hydrogen) atoms. The average Bonchev–Trinajstić information content (AvgIpc) is 2.65. The third-order valence-electron chi connectivity index (χ3n) is 4.01. The molecule has 0 aromatic carbocycles. The van der Waals surface area contributed by atoms with E-state index in [0.29, 0.717) is 6.04 Å². The summed E-state index contributed by atoms with van der Waals surface area (Å²) in [7, 11) is 0. The molecule has 0 radical (unpaired) electrons. The van der Waals surface area contributed by atoms with Crippen LogP contribution in [0.5, 0.6) is 0 Å². The van der Waals surface area contributed by atoms with E-state index in [4.69, 9.17) is 5.11 Å². The van der Waals surface area contributed by atoms with Crippen LogP contribution in [0.1, 0.15) is 44.9 Å². The highest BCUT2D eigenvalue weighted by Gasteiger charge is 2.30. The zero-order valence-corrected chi connectivity index (χ0v) is 9.56. The van der Waals surface area contributed by atoms with Crippen molar-refractivity contribution < 1.29 is 15.0 Å². The molecule has 2 aliphatic rings. The SMILES string of the molecule is O=C(O)C1CCC(NC2CCCC2O)CC1. The summed E-state index contributed by atoms with van der Waals surface area (Å²) in [6, 6.07) is 0.653. The number of rotatable bonds is 3. The van der Waals surface area contributed by atoms with Crippen LogP contribution in [0.4, 0.5) is 0 Å². The summed E-state index contributed by atoms with van der Waals surface area (Å²) < 4.78 is 0. The average molecular weight is 227 g/mol. The molecule has 0 aromatic rings. The van der Waals surface area contributed by atoms with Crippen LogP contribution in [-0.2, 0) is 4.79 Å². The third kappa shape index (κ3) is 2.74. The molecule has 3 N–H and O–H groups in total. The largest absolute Gasteiger partial charge is 0.481 e. The van der Waals surface area contributed by atoms with Crippen LogP contribution in [0.3, 0.4) is 0 Å². The Labute approximate surface area is 96.0 Å². The van der Waals surface area contributed by atoms with Crippen LogP contribution in [0.25, 0.3) is 0 Å². The Morgan fingerprint density at radius 1 is 1.06 bits per heavy atom. The lowest BCUT2D eigenvalue weighted by Crippen LogP contribution is -2.44. The van der Waals surface area contributed by atoms with Crippen molar-refractivity contribution in [3.8, 4) is 0 Å². The molecular weight excluding hydrogens is 206 g/mol. The number of carboxylic acid groups (broad SMARTS) is 1. The van der Waals surface area contributed by atoms with E-state index >= 15 is 0 Å². The van der Waals surface area contributed by atoms with E-state index in [9.17, 15) is 9.90 Å². The van der Waals surface area contributed by atoms with Crippen LogP contribution < -0.4 is 5.32 Å². The van der Waals surface area contributed by atoms with Gasteiger partial charge in [0.05, 0.1) is 12.0 Å². The fourth-order valence-electron chi connectivity index (χ4n) is 2.94. The standard InChI is InChI=1S/C12H21NO3/c14-11-3-1-2-10(11)13-9-6-4-8(5-7-9)12(15)16/h8-11,13-14H,1-7H2,(H,15,16). The second-order valence-electron chi connectivity index (χ2n) is 5.16. The lowest BCUT2D eigenvalue weighted by molar-refractivity contribution is -0.142. The Morgan fingerprint density at radius 2 is 1.75 bits per heavy atom. The van der Waals surface area contributed by atoms with E-state index in [0.717, 1.165) is 44.9 Å². The highest BCUT2D eigenvalue weighted by Crippen LogP contribution is 2.27. The summed E-state index contributed by atoms with van der Waals surface area (Å²) in [4.78, 5) is 10.8. The lowest BCUT2D eigenvalue weighted by atomic mass is 9.86. The fraction of sp³-hybridized carbons (Fsp3) is 0.917. The molecule has 2 rings (SSSR count). The monoisotopic (exact) mass is 227 g/mol. The molecule has 4 nitrogen and oxygen atoms in total. The van der Waals surface area contributed by atoms with Crippen molar-refractivity contribution in [3.63, 3.8) is 0 Å². The molecule has 2 aliphatic carbocycles. The minimum Gasteiger partial charge on any atom is -0.481 e. The van der Waals surface area contributed by atoms with Crippen LogP contribution >= 0.6 is 0 Å². The highest BCUT2D eigenvalue weighted by atomic mass is 16.4. The Balaban J connectivity index is 1.74. The van der Waals surface area contributed by atoms with E-state index < -0.39 is 5.97 Å². The maximum absolute atomic E-state index is 10.8. The Bertz CT molecular complexity index is 249. The molecular formula is C12H21NO3. The van der Waals surface area contributed by atoms with Crippen LogP contribution in [0.2, 0.25) is 0 Å². The lowest BCUT2D eigenvalue weighted by Gasteiger charge is -2.30. The van der Waals surface area contributed by atoms with Gasteiger partial charge in [-0.15, -0.1) is 0 Å². The normalized spacial score (nSPS) is 39.8. The number of hydrogen-bond acceptors (Lipinski definition) is 3. The zero-order chi connectivity index (χ0) is 11.5. The Morgan fingerprint density at radius 3 is 2.25 bits per heavy atom. The molecule has 0 aliphatic heterocycles. The van der Waals surface area contributed by atoms with Gasteiger partial charge >= 0.3 is 5.97 Å². The van der Waals surface area contributed by atoms with Crippen molar-refractivity contribution in [2.45, 2.75) is 63.1 Å². The number of nitrogens with one attached hydrogen (secondary N) is 1. The molecule has 0 heterocycles. The van der Waals surface area contributed by atoms with Gasteiger partial charge in [-0.3, -0.25) is 4.79 Å². The van der Waals surface area contributed by atoms with Crippen molar-refractivity contribution >= 4 is 5.97 Å². The van der Waals surface area contributed by atoms with Gasteiger partial charge in [-0.2, -0.15) is 0 Å². The van der Waals surface area contributed by atoms with Crippen molar-refractivity contribution in [2.24, 2.45) is 5.92 Å². The van der Waals surface area contributed by atoms with E-state index in [1.807, 2.05) is 0 Å². The summed E-state index contributed by atoms with van der Waals surface area (Å²) in [6.45, 7) is 0. The number of aliphatic carboxylic acids is 1. The van der Waals surface area contributed by atoms with Crippen molar-refractivity contribution in [1.29, 1.82) is 0 Å². The summed E-state index contributed by atoms with van der Waals surface area (Å²) >= 11 is 0. The maximum Gasteiger partial charge on any atom is 0.306 e. The van der Waals surface area contributed by atoms with E-state index in [2.05, 4.69) is 5.32 Å². The molecule has 2 unspecified atom stereocenters. The molecule has 2 atom stereocenters. The quantitative estimate of drug-likeness (QED) is 0.676. The maximum atomic E-state index is 10.8. The van der Waals surface area contributed by atoms with Crippen molar-refractivity contribution in [2.75, 3.05) is 0 Å². The smallest absolute Gasteiger partial charge is 0.306 e. The Kier molecular flexibility index (Phi) is 3.82. The molecule has 0 saturated heterocycles. The second kappa shape index (κ2) is 5.15. The van der Waals surface area contributed by atoms with Gasteiger partial charge in [-0.05, 0) is 44.9 Å². The summed E-state index contributed by atoms with van der Waals surface area (Å²) in [5.74, 6) is -0.800.